The Kier molecular flexibility index (Phi) is 6.63. The summed E-state index contributed by atoms with van der Waals surface area (Å²) in [5, 5.41) is 9.22. The lowest BCUT2D eigenvalue weighted by atomic mass is 9.89. The van der Waals surface area contributed by atoms with Crippen LogP contribution in [-0.4, -0.2) is 29.9 Å². The quantitative estimate of drug-likeness (QED) is 0.763. The smallest absolute Gasteiger partial charge is 0.246 e. The minimum atomic E-state index is -0.527. The summed E-state index contributed by atoms with van der Waals surface area (Å²) in [7, 11) is 0. The first kappa shape index (κ1) is 18.7. The van der Waals surface area contributed by atoms with E-state index in [1.807, 2.05) is 30.3 Å². The number of hydrogen-bond acceptors (Lipinski definition) is 3. The molecular weight excluding hydrogens is 326 g/mol. The SMILES string of the molecule is CC(NC(=O)CC1CC2CCC(C1)N2)C(=O)Nc1ccccc1.Cl. The molecule has 0 saturated carbocycles. The van der Waals surface area contributed by atoms with Gasteiger partial charge in [-0.25, -0.2) is 0 Å². The Hall–Kier alpha value is -1.59. The molecule has 2 bridgehead atoms. The third-order valence-electron chi connectivity index (χ3n) is 4.86. The molecule has 2 fully saturated rings. The number of halogens is 1. The molecule has 2 aliphatic heterocycles. The fourth-order valence-electron chi connectivity index (χ4n) is 3.74. The highest BCUT2D eigenvalue weighted by Gasteiger charge is 2.34. The Morgan fingerprint density at radius 2 is 1.79 bits per heavy atom. The Morgan fingerprint density at radius 1 is 1.17 bits per heavy atom. The first-order chi connectivity index (χ1) is 11.1. The fraction of sp³-hybridized carbons (Fsp3) is 0.556. The van der Waals surface area contributed by atoms with Crippen molar-refractivity contribution in [1.82, 2.24) is 10.6 Å². The lowest BCUT2D eigenvalue weighted by molar-refractivity contribution is -0.127. The molecule has 2 amide bonds. The summed E-state index contributed by atoms with van der Waals surface area (Å²) in [5.41, 5.74) is 0.744. The molecular formula is C18H26ClN3O2. The van der Waals surface area contributed by atoms with Crippen molar-refractivity contribution >= 4 is 29.9 Å². The van der Waals surface area contributed by atoms with Crippen molar-refractivity contribution < 1.29 is 9.59 Å². The number of hydrogen-bond donors (Lipinski definition) is 3. The van der Waals surface area contributed by atoms with Crippen LogP contribution in [0.1, 0.15) is 39.0 Å². The van der Waals surface area contributed by atoms with Crippen molar-refractivity contribution in [1.29, 1.82) is 0 Å². The summed E-state index contributed by atoms with van der Waals surface area (Å²) in [4.78, 5) is 24.3. The molecule has 1 aromatic carbocycles. The molecule has 5 nitrogen and oxygen atoms in total. The fourth-order valence-corrected chi connectivity index (χ4v) is 3.74. The molecule has 0 spiro atoms. The van der Waals surface area contributed by atoms with Crippen LogP contribution in [0.4, 0.5) is 5.69 Å². The van der Waals surface area contributed by atoms with Gasteiger partial charge in [0.05, 0.1) is 0 Å². The molecule has 3 rings (SSSR count). The molecule has 2 heterocycles. The van der Waals surface area contributed by atoms with E-state index in [1.165, 1.54) is 12.8 Å². The minimum absolute atomic E-state index is 0. The highest BCUT2D eigenvalue weighted by Crippen LogP contribution is 2.32. The van der Waals surface area contributed by atoms with E-state index in [0.717, 1.165) is 18.5 Å². The first-order valence-electron chi connectivity index (χ1n) is 8.51. The number of piperidine rings is 1. The highest BCUT2D eigenvalue weighted by molar-refractivity contribution is 5.96. The van der Waals surface area contributed by atoms with Crippen LogP contribution in [0.5, 0.6) is 0 Å². The predicted octanol–water partition coefficient (Wildman–Crippen LogP) is 2.47. The zero-order valence-electron chi connectivity index (χ0n) is 14.0. The van der Waals surface area contributed by atoms with E-state index >= 15 is 0 Å². The van der Waals surface area contributed by atoms with Crippen LogP contribution in [-0.2, 0) is 9.59 Å². The Labute approximate surface area is 149 Å². The van der Waals surface area contributed by atoms with Gasteiger partial charge in [-0.1, -0.05) is 18.2 Å². The molecule has 1 aromatic rings. The van der Waals surface area contributed by atoms with Crippen molar-refractivity contribution in [3.63, 3.8) is 0 Å². The van der Waals surface area contributed by atoms with Gasteiger partial charge >= 0.3 is 0 Å². The van der Waals surface area contributed by atoms with Crippen LogP contribution >= 0.6 is 12.4 Å². The minimum Gasteiger partial charge on any atom is -0.345 e. The molecule has 0 aromatic heterocycles. The van der Waals surface area contributed by atoms with Gasteiger partial charge in [0, 0.05) is 24.2 Å². The molecule has 3 unspecified atom stereocenters. The van der Waals surface area contributed by atoms with Gasteiger partial charge in [0.25, 0.3) is 0 Å². The first-order valence-corrected chi connectivity index (χ1v) is 8.51. The molecule has 3 N–H and O–H groups in total. The number of benzene rings is 1. The van der Waals surface area contributed by atoms with E-state index in [1.54, 1.807) is 6.92 Å². The molecule has 24 heavy (non-hydrogen) atoms. The van der Waals surface area contributed by atoms with E-state index in [2.05, 4.69) is 16.0 Å². The number of amides is 2. The van der Waals surface area contributed by atoms with Gasteiger partial charge in [0.15, 0.2) is 0 Å². The largest absolute Gasteiger partial charge is 0.345 e. The van der Waals surface area contributed by atoms with Gasteiger partial charge in [-0.3, -0.25) is 9.59 Å². The summed E-state index contributed by atoms with van der Waals surface area (Å²) in [6.07, 6.45) is 5.15. The zero-order valence-corrected chi connectivity index (χ0v) is 14.8. The second-order valence-electron chi connectivity index (χ2n) is 6.82. The van der Waals surface area contributed by atoms with Crippen LogP contribution in [0.3, 0.4) is 0 Å². The van der Waals surface area contributed by atoms with Crippen molar-refractivity contribution in [3.8, 4) is 0 Å². The maximum absolute atomic E-state index is 12.2. The number of rotatable bonds is 5. The average Bonchev–Trinajstić information content (AvgIpc) is 2.87. The van der Waals surface area contributed by atoms with E-state index in [0.29, 0.717) is 24.4 Å². The maximum Gasteiger partial charge on any atom is 0.246 e. The van der Waals surface area contributed by atoms with E-state index in [-0.39, 0.29) is 24.2 Å². The molecule has 0 radical (unpaired) electrons. The van der Waals surface area contributed by atoms with Gasteiger partial charge in [-0.05, 0) is 50.7 Å². The third kappa shape index (κ3) is 4.95. The van der Waals surface area contributed by atoms with E-state index in [4.69, 9.17) is 0 Å². The van der Waals surface area contributed by atoms with Crippen LogP contribution in [0.2, 0.25) is 0 Å². The third-order valence-corrected chi connectivity index (χ3v) is 4.86. The predicted molar refractivity (Wildman–Crippen MR) is 97.2 cm³/mol. The molecule has 3 atom stereocenters. The van der Waals surface area contributed by atoms with Crippen LogP contribution < -0.4 is 16.0 Å². The van der Waals surface area contributed by atoms with Crippen molar-refractivity contribution in [3.05, 3.63) is 30.3 Å². The second kappa shape index (κ2) is 8.49. The zero-order chi connectivity index (χ0) is 16.2. The van der Waals surface area contributed by atoms with Gasteiger partial charge < -0.3 is 16.0 Å². The number of carbonyl (C=O) groups excluding carboxylic acids is 2. The lowest BCUT2D eigenvalue weighted by Crippen LogP contribution is -2.44. The van der Waals surface area contributed by atoms with Gasteiger partial charge in [-0.15, -0.1) is 12.4 Å². The number of nitrogens with one attached hydrogen (secondary N) is 3. The highest BCUT2D eigenvalue weighted by atomic mass is 35.5. The second-order valence-corrected chi connectivity index (χ2v) is 6.82. The van der Waals surface area contributed by atoms with Crippen LogP contribution in [0.15, 0.2) is 30.3 Å². The monoisotopic (exact) mass is 351 g/mol. The van der Waals surface area contributed by atoms with Crippen LogP contribution in [0, 0.1) is 5.92 Å². The molecule has 0 aliphatic carbocycles. The maximum atomic E-state index is 12.2. The van der Waals surface area contributed by atoms with Gasteiger partial charge in [0.1, 0.15) is 6.04 Å². The molecule has 6 heteroatoms. The topological polar surface area (TPSA) is 70.2 Å². The normalized spacial score (nSPS) is 26.1. The summed E-state index contributed by atoms with van der Waals surface area (Å²) in [6.45, 7) is 1.72. The van der Waals surface area contributed by atoms with Crippen LogP contribution in [0.25, 0.3) is 0 Å². The Balaban J connectivity index is 0.00000208. The van der Waals surface area contributed by atoms with E-state index < -0.39 is 6.04 Å². The summed E-state index contributed by atoms with van der Waals surface area (Å²) >= 11 is 0. The van der Waals surface area contributed by atoms with E-state index in [9.17, 15) is 9.59 Å². The summed E-state index contributed by atoms with van der Waals surface area (Å²) in [5.74, 6) is 0.236. The van der Waals surface area contributed by atoms with Crippen molar-refractivity contribution in [2.24, 2.45) is 5.92 Å². The number of fused-ring (bicyclic) bond motifs is 2. The lowest BCUT2D eigenvalue weighted by Gasteiger charge is -2.28. The Bertz CT molecular complexity index is 555. The molecule has 2 aliphatic rings. The van der Waals surface area contributed by atoms with Crippen molar-refractivity contribution in [2.75, 3.05) is 5.32 Å². The van der Waals surface area contributed by atoms with Gasteiger partial charge in [-0.2, -0.15) is 0 Å². The summed E-state index contributed by atoms with van der Waals surface area (Å²) < 4.78 is 0. The number of carbonyl (C=O) groups is 2. The van der Waals surface area contributed by atoms with Gasteiger partial charge in [0.2, 0.25) is 11.8 Å². The van der Waals surface area contributed by atoms with Crippen molar-refractivity contribution in [2.45, 2.75) is 57.2 Å². The number of anilines is 1. The molecule has 132 valence electrons. The Morgan fingerprint density at radius 3 is 2.42 bits per heavy atom. The molecule has 2 saturated heterocycles. The average molecular weight is 352 g/mol. The summed E-state index contributed by atoms with van der Waals surface area (Å²) in [6, 6.07) is 9.94. The standard InChI is InChI=1S/C18H25N3O2.ClH/c1-12(18(23)21-14-5-3-2-4-6-14)19-17(22)11-13-9-15-7-8-16(10-13)20-15;/h2-6,12-13,15-16,20H,7-11H2,1H3,(H,19,22)(H,21,23);1H. The number of para-hydroxylation sites is 1.